The molecule has 7 nitrogen and oxygen atoms in total. The number of aliphatic hydroxyl groups excluding tert-OH is 1. The van der Waals surface area contributed by atoms with Crippen LogP contribution in [0.4, 0.5) is 5.69 Å². The van der Waals surface area contributed by atoms with Crippen molar-refractivity contribution in [3.8, 4) is 17.2 Å². The Kier molecular flexibility index (Phi) is 6.21. The molecule has 0 aromatic heterocycles. The quantitative estimate of drug-likeness (QED) is 0.712. The van der Waals surface area contributed by atoms with Crippen LogP contribution in [-0.4, -0.2) is 38.1 Å². The van der Waals surface area contributed by atoms with E-state index in [0.717, 1.165) is 5.56 Å². The second kappa shape index (κ2) is 8.57. The first kappa shape index (κ1) is 23.2. The van der Waals surface area contributed by atoms with E-state index in [4.69, 9.17) is 14.2 Å². The van der Waals surface area contributed by atoms with E-state index >= 15 is 0 Å². The van der Waals surface area contributed by atoms with Crippen molar-refractivity contribution >= 4 is 17.4 Å². The Morgan fingerprint density at radius 3 is 2.06 bits per heavy atom. The summed E-state index contributed by atoms with van der Waals surface area (Å²) in [5.41, 5.74) is 1.28. The summed E-state index contributed by atoms with van der Waals surface area (Å²) in [4.78, 5) is 28.1. The van der Waals surface area contributed by atoms with Crippen molar-refractivity contribution in [1.29, 1.82) is 0 Å². The molecule has 0 radical (unpaired) electrons. The van der Waals surface area contributed by atoms with Gasteiger partial charge in [0.2, 0.25) is 5.75 Å². The lowest BCUT2D eigenvalue weighted by Crippen LogP contribution is -2.33. The minimum absolute atomic E-state index is 0.0401. The number of carbonyl (C=O) groups is 2. The first-order valence-corrected chi connectivity index (χ1v) is 10.2. The summed E-state index contributed by atoms with van der Waals surface area (Å²) in [5.74, 6) is -0.355. The zero-order valence-electron chi connectivity index (χ0n) is 19.5. The minimum Gasteiger partial charge on any atom is -0.503 e. The van der Waals surface area contributed by atoms with Gasteiger partial charge in [0.05, 0.1) is 32.9 Å². The fourth-order valence-corrected chi connectivity index (χ4v) is 3.86. The molecule has 3 rings (SSSR count). The molecule has 170 valence electrons. The van der Waals surface area contributed by atoms with E-state index in [-0.39, 0.29) is 11.4 Å². The highest BCUT2D eigenvalue weighted by atomic mass is 16.5. The Labute approximate surface area is 188 Å². The molecule has 1 amide bonds. The lowest BCUT2D eigenvalue weighted by Gasteiger charge is -2.30. The number of amides is 1. The second-order valence-electron chi connectivity index (χ2n) is 8.72. The smallest absolute Gasteiger partial charge is 0.294 e. The van der Waals surface area contributed by atoms with Crippen LogP contribution in [0.3, 0.4) is 0 Å². The summed E-state index contributed by atoms with van der Waals surface area (Å²) >= 11 is 0. The number of ketones is 1. The van der Waals surface area contributed by atoms with E-state index in [1.807, 2.05) is 25.1 Å². The van der Waals surface area contributed by atoms with E-state index < -0.39 is 23.1 Å². The third-order valence-electron chi connectivity index (χ3n) is 5.42. The van der Waals surface area contributed by atoms with Crippen LogP contribution in [0.15, 0.2) is 47.7 Å². The van der Waals surface area contributed by atoms with Crippen molar-refractivity contribution in [2.45, 2.75) is 33.7 Å². The number of rotatable bonds is 6. The standard InChI is InChI=1S/C25H29NO6/c1-14-9-8-10-16(11-14)26-20(19(21(27)24(26)29)23(28)25(2,3)4)15-12-17(30-5)22(32-7)18(13-15)31-6/h8-13,20,27H,1-7H3. The van der Waals surface area contributed by atoms with E-state index in [2.05, 4.69) is 0 Å². The third-order valence-corrected chi connectivity index (χ3v) is 5.42. The van der Waals surface area contributed by atoms with E-state index in [1.54, 1.807) is 39.0 Å². The number of anilines is 1. The predicted octanol–water partition coefficient (Wildman–Crippen LogP) is 4.54. The van der Waals surface area contributed by atoms with Gasteiger partial charge in [-0.15, -0.1) is 0 Å². The van der Waals surface area contributed by atoms with Crippen molar-refractivity contribution in [2.75, 3.05) is 26.2 Å². The molecule has 1 atom stereocenters. The molecule has 32 heavy (non-hydrogen) atoms. The molecule has 1 N–H and O–H groups in total. The first-order chi connectivity index (χ1) is 15.0. The highest BCUT2D eigenvalue weighted by Gasteiger charge is 2.47. The molecule has 2 aromatic rings. The van der Waals surface area contributed by atoms with Gasteiger partial charge in [0.15, 0.2) is 23.0 Å². The topological polar surface area (TPSA) is 85.3 Å². The molecule has 0 spiro atoms. The van der Waals surface area contributed by atoms with Gasteiger partial charge in [0.25, 0.3) is 5.91 Å². The monoisotopic (exact) mass is 439 g/mol. The molecule has 7 heteroatoms. The average Bonchev–Trinajstić information content (AvgIpc) is 3.01. The van der Waals surface area contributed by atoms with Gasteiger partial charge in [-0.05, 0) is 42.3 Å². The van der Waals surface area contributed by atoms with Crippen LogP contribution in [0, 0.1) is 12.3 Å². The number of methoxy groups -OCH3 is 3. The molecule has 0 bridgehead atoms. The third kappa shape index (κ3) is 3.90. The van der Waals surface area contributed by atoms with Crippen LogP contribution in [0.1, 0.15) is 37.9 Å². The van der Waals surface area contributed by atoms with Crippen molar-refractivity contribution in [1.82, 2.24) is 0 Å². The maximum atomic E-state index is 13.4. The normalized spacial score (nSPS) is 16.4. The molecule has 1 aliphatic heterocycles. The molecule has 0 fully saturated rings. The van der Waals surface area contributed by atoms with Crippen molar-refractivity contribution in [2.24, 2.45) is 5.41 Å². The number of benzene rings is 2. The van der Waals surface area contributed by atoms with Crippen LogP contribution in [0.5, 0.6) is 17.2 Å². The molecular weight excluding hydrogens is 410 g/mol. The first-order valence-electron chi connectivity index (χ1n) is 10.2. The van der Waals surface area contributed by atoms with Crippen molar-refractivity contribution < 1.29 is 28.9 Å². The molecular formula is C25H29NO6. The Balaban J connectivity index is 2.31. The van der Waals surface area contributed by atoms with Gasteiger partial charge >= 0.3 is 0 Å². The number of carbonyl (C=O) groups excluding carboxylic acids is 2. The van der Waals surface area contributed by atoms with E-state index in [1.165, 1.54) is 26.2 Å². The van der Waals surface area contributed by atoms with Crippen LogP contribution in [-0.2, 0) is 9.59 Å². The molecule has 0 saturated heterocycles. The number of nitrogens with zero attached hydrogens (tertiary/aromatic N) is 1. The molecule has 0 aliphatic carbocycles. The average molecular weight is 440 g/mol. The summed E-state index contributed by atoms with van der Waals surface area (Å²) in [6.45, 7) is 7.16. The Bertz CT molecular complexity index is 1070. The Morgan fingerprint density at radius 1 is 1.00 bits per heavy atom. The SMILES string of the molecule is COc1cc(C2C(C(=O)C(C)(C)C)=C(O)C(=O)N2c2cccc(C)c2)cc(OC)c1OC. The van der Waals surface area contributed by atoms with Gasteiger partial charge in [-0.3, -0.25) is 14.5 Å². The Morgan fingerprint density at radius 2 is 1.59 bits per heavy atom. The zero-order valence-corrected chi connectivity index (χ0v) is 19.5. The molecule has 0 saturated carbocycles. The summed E-state index contributed by atoms with van der Waals surface area (Å²) < 4.78 is 16.4. The van der Waals surface area contributed by atoms with Crippen LogP contribution >= 0.6 is 0 Å². The highest BCUT2D eigenvalue weighted by molar-refractivity contribution is 6.17. The summed E-state index contributed by atoms with van der Waals surface area (Å²) in [7, 11) is 4.49. The van der Waals surface area contributed by atoms with Gasteiger partial charge in [-0.25, -0.2) is 0 Å². The number of aliphatic hydroxyl groups is 1. The largest absolute Gasteiger partial charge is 0.503 e. The molecule has 1 unspecified atom stereocenters. The van der Waals surface area contributed by atoms with Crippen LogP contribution in [0.25, 0.3) is 0 Å². The van der Waals surface area contributed by atoms with Crippen molar-refractivity contribution in [3.05, 3.63) is 58.9 Å². The molecule has 1 aliphatic rings. The number of aryl methyl sites for hydroxylation is 1. The van der Waals surface area contributed by atoms with Gasteiger partial charge in [0.1, 0.15) is 0 Å². The molecule has 1 heterocycles. The summed E-state index contributed by atoms with van der Waals surface area (Å²) in [6, 6.07) is 9.85. The fraction of sp³-hybridized carbons (Fsp3) is 0.360. The highest BCUT2D eigenvalue weighted by Crippen LogP contribution is 2.47. The lowest BCUT2D eigenvalue weighted by atomic mass is 9.82. The molecule has 2 aromatic carbocycles. The van der Waals surface area contributed by atoms with E-state index in [0.29, 0.717) is 28.5 Å². The number of ether oxygens (including phenoxy) is 3. The van der Waals surface area contributed by atoms with Crippen molar-refractivity contribution in [3.63, 3.8) is 0 Å². The summed E-state index contributed by atoms with van der Waals surface area (Å²) in [6.07, 6.45) is 0. The van der Waals surface area contributed by atoms with Gasteiger partial charge in [-0.1, -0.05) is 32.9 Å². The van der Waals surface area contributed by atoms with Gasteiger partial charge in [-0.2, -0.15) is 0 Å². The fourth-order valence-electron chi connectivity index (χ4n) is 3.86. The zero-order chi connectivity index (χ0) is 23.8. The number of hydrogen-bond donors (Lipinski definition) is 1. The van der Waals surface area contributed by atoms with Crippen LogP contribution in [0.2, 0.25) is 0 Å². The lowest BCUT2D eigenvalue weighted by molar-refractivity contribution is -0.123. The maximum Gasteiger partial charge on any atom is 0.294 e. The van der Waals surface area contributed by atoms with Gasteiger partial charge in [0, 0.05) is 11.1 Å². The second-order valence-corrected chi connectivity index (χ2v) is 8.72. The Hall–Kier alpha value is -3.48. The predicted molar refractivity (Wildman–Crippen MR) is 122 cm³/mol. The maximum absolute atomic E-state index is 13.4. The van der Waals surface area contributed by atoms with Crippen LogP contribution < -0.4 is 19.1 Å². The van der Waals surface area contributed by atoms with Gasteiger partial charge < -0.3 is 19.3 Å². The summed E-state index contributed by atoms with van der Waals surface area (Å²) in [5, 5.41) is 10.9. The van der Waals surface area contributed by atoms with E-state index in [9.17, 15) is 14.7 Å². The number of hydrogen-bond acceptors (Lipinski definition) is 6. The minimum atomic E-state index is -0.871. The number of Topliss-reactive ketones (excluding diaryl/α,β-unsaturated/α-hetero) is 1.